The Labute approximate surface area is 135 Å². The molecular formula is C16H12F3N3O2. The molecule has 1 aromatic heterocycles. The van der Waals surface area contributed by atoms with Gasteiger partial charge in [0.25, 0.3) is 5.91 Å². The highest BCUT2D eigenvalue weighted by atomic mass is 19.4. The van der Waals surface area contributed by atoms with Crippen LogP contribution in [0.3, 0.4) is 0 Å². The van der Waals surface area contributed by atoms with Crippen LogP contribution >= 0.6 is 0 Å². The van der Waals surface area contributed by atoms with Gasteiger partial charge in [0.05, 0.1) is 17.7 Å². The summed E-state index contributed by atoms with van der Waals surface area (Å²) in [5.74, 6) is -0.785. The van der Waals surface area contributed by atoms with Crippen LogP contribution in [0.5, 0.6) is 0 Å². The molecule has 1 aliphatic rings. The Morgan fingerprint density at radius 3 is 2.58 bits per heavy atom. The van der Waals surface area contributed by atoms with E-state index in [9.17, 15) is 23.1 Å². The Morgan fingerprint density at radius 2 is 1.92 bits per heavy atom. The van der Waals surface area contributed by atoms with Gasteiger partial charge < -0.3 is 10.0 Å². The molecule has 1 aliphatic heterocycles. The summed E-state index contributed by atoms with van der Waals surface area (Å²) in [6.07, 6.45) is -0.118. The first kappa shape index (κ1) is 16.0. The van der Waals surface area contributed by atoms with Crippen molar-refractivity contribution in [3.05, 3.63) is 65.4 Å². The monoisotopic (exact) mass is 335 g/mol. The standard InChI is InChI=1S/C16H12F3N3O2/c17-16(18,19)12-3-1-2-11(4-12)14-13(23)8-22(15(14)24)7-10-5-20-9-21-6-10/h1-6,9,23H,7-8H2. The molecule has 0 radical (unpaired) electrons. The Bertz CT molecular complexity index is 804. The maximum Gasteiger partial charge on any atom is 0.416 e. The van der Waals surface area contributed by atoms with Crippen LogP contribution in [0, 0.1) is 0 Å². The van der Waals surface area contributed by atoms with Gasteiger partial charge in [0.1, 0.15) is 12.1 Å². The second-order valence-electron chi connectivity index (χ2n) is 5.31. The van der Waals surface area contributed by atoms with Gasteiger partial charge in [-0.3, -0.25) is 4.79 Å². The Balaban J connectivity index is 1.87. The van der Waals surface area contributed by atoms with Crippen molar-refractivity contribution in [1.82, 2.24) is 14.9 Å². The summed E-state index contributed by atoms with van der Waals surface area (Å²) < 4.78 is 38.5. The van der Waals surface area contributed by atoms with Crippen molar-refractivity contribution in [2.24, 2.45) is 0 Å². The third-order valence-corrected chi connectivity index (χ3v) is 3.60. The third-order valence-electron chi connectivity index (χ3n) is 3.60. The number of alkyl halides is 3. The zero-order chi connectivity index (χ0) is 17.3. The zero-order valence-corrected chi connectivity index (χ0v) is 12.3. The van der Waals surface area contributed by atoms with Crippen molar-refractivity contribution < 1.29 is 23.1 Å². The van der Waals surface area contributed by atoms with E-state index in [1.54, 1.807) is 0 Å². The Hall–Kier alpha value is -2.90. The zero-order valence-electron chi connectivity index (χ0n) is 12.3. The summed E-state index contributed by atoms with van der Waals surface area (Å²) in [5.41, 5.74) is -0.288. The molecule has 24 heavy (non-hydrogen) atoms. The molecule has 0 aliphatic carbocycles. The van der Waals surface area contributed by atoms with Crippen molar-refractivity contribution >= 4 is 11.5 Å². The van der Waals surface area contributed by atoms with Crippen LogP contribution in [-0.2, 0) is 17.5 Å². The van der Waals surface area contributed by atoms with Gasteiger partial charge in [0.2, 0.25) is 0 Å². The van der Waals surface area contributed by atoms with E-state index in [0.717, 1.165) is 12.1 Å². The number of amides is 1. The molecule has 0 spiro atoms. The summed E-state index contributed by atoms with van der Waals surface area (Å²) in [6, 6.07) is 4.35. The predicted molar refractivity (Wildman–Crippen MR) is 78.4 cm³/mol. The van der Waals surface area contributed by atoms with Crippen molar-refractivity contribution in [3.63, 3.8) is 0 Å². The van der Waals surface area contributed by atoms with Crippen LogP contribution in [0.4, 0.5) is 13.2 Å². The first-order valence-electron chi connectivity index (χ1n) is 6.99. The predicted octanol–water partition coefficient (Wildman–Crippen LogP) is 2.81. The average molecular weight is 335 g/mol. The minimum Gasteiger partial charge on any atom is -0.510 e. The number of nitrogens with zero attached hydrogens (tertiary/aromatic N) is 3. The van der Waals surface area contributed by atoms with Crippen LogP contribution in [-0.4, -0.2) is 32.4 Å². The van der Waals surface area contributed by atoms with E-state index in [-0.39, 0.29) is 30.0 Å². The van der Waals surface area contributed by atoms with Crippen molar-refractivity contribution in [1.29, 1.82) is 0 Å². The summed E-state index contributed by atoms with van der Waals surface area (Å²) in [5, 5.41) is 10.1. The van der Waals surface area contributed by atoms with Crippen molar-refractivity contribution in [2.75, 3.05) is 6.54 Å². The van der Waals surface area contributed by atoms with E-state index in [1.165, 1.54) is 35.8 Å². The molecule has 0 saturated heterocycles. The number of carbonyl (C=O) groups excluding carboxylic acids is 1. The van der Waals surface area contributed by atoms with Gasteiger partial charge in [-0.05, 0) is 17.7 Å². The molecule has 2 aromatic rings. The van der Waals surface area contributed by atoms with E-state index < -0.39 is 17.6 Å². The first-order valence-corrected chi connectivity index (χ1v) is 6.99. The fraction of sp³-hybridized carbons (Fsp3) is 0.188. The summed E-state index contributed by atoms with van der Waals surface area (Å²) >= 11 is 0. The third kappa shape index (κ3) is 3.08. The molecular weight excluding hydrogens is 323 g/mol. The maximum absolute atomic E-state index is 12.8. The Morgan fingerprint density at radius 1 is 1.21 bits per heavy atom. The molecule has 1 N–H and O–H groups in total. The molecule has 5 nitrogen and oxygen atoms in total. The molecule has 0 atom stereocenters. The first-order chi connectivity index (χ1) is 11.4. The lowest BCUT2D eigenvalue weighted by Gasteiger charge is -2.16. The minimum atomic E-state index is -4.52. The number of aromatic nitrogens is 2. The highest BCUT2D eigenvalue weighted by Crippen LogP contribution is 2.33. The minimum absolute atomic E-state index is 0.0409. The van der Waals surface area contributed by atoms with E-state index >= 15 is 0 Å². The number of carbonyl (C=O) groups is 1. The lowest BCUT2D eigenvalue weighted by atomic mass is 10.0. The van der Waals surface area contributed by atoms with Gasteiger partial charge >= 0.3 is 6.18 Å². The Kier molecular flexibility index (Phi) is 3.96. The molecule has 0 saturated carbocycles. The van der Waals surface area contributed by atoms with E-state index in [2.05, 4.69) is 9.97 Å². The highest BCUT2D eigenvalue weighted by molar-refractivity contribution is 6.22. The van der Waals surface area contributed by atoms with Gasteiger partial charge in [-0.1, -0.05) is 12.1 Å². The molecule has 2 heterocycles. The van der Waals surface area contributed by atoms with Crippen LogP contribution in [0.25, 0.3) is 5.57 Å². The lowest BCUT2D eigenvalue weighted by molar-refractivity contribution is -0.137. The molecule has 0 bridgehead atoms. The molecule has 1 aromatic carbocycles. The fourth-order valence-corrected chi connectivity index (χ4v) is 2.51. The molecule has 0 fully saturated rings. The number of halogens is 3. The highest BCUT2D eigenvalue weighted by Gasteiger charge is 2.34. The van der Waals surface area contributed by atoms with Crippen LogP contribution in [0.15, 0.2) is 48.7 Å². The van der Waals surface area contributed by atoms with Crippen molar-refractivity contribution in [2.45, 2.75) is 12.7 Å². The smallest absolute Gasteiger partial charge is 0.416 e. The van der Waals surface area contributed by atoms with Gasteiger partial charge in [0.15, 0.2) is 0 Å². The van der Waals surface area contributed by atoms with Gasteiger partial charge in [-0.25, -0.2) is 9.97 Å². The molecule has 0 unspecified atom stereocenters. The van der Waals surface area contributed by atoms with Crippen molar-refractivity contribution in [3.8, 4) is 0 Å². The van der Waals surface area contributed by atoms with E-state index in [4.69, 9.17) is 0 Å². The van der Waals surface area contributed by atoms with Crippen LogP contribution in [0.1, 0.15) is 16.7 Å². The number of rotatable bonds is 3. The molecule has 8 heteroatoms. The quantitative estimate of drug-likeness (QED) is 0.937. The number of aliphatic hydroxyl groups is 1. The van der Waals surface area contributed by atoms with E-state index in [0.29, 0.717) is 5.56 Å². The summed E-state index contributed by atoms with van der Waals surface area (Å²) in [7, 11) is 0. The SMILES string of the molecule is O=C1C(c2cccc(C(F)(F)F)c2)=C(O)CN1Cc1cncnc1. The summed E-state index contributed by atoms with van der Waals surface area (Å²) in [4.78, 5) is 21.5. The average Bonchev–Trinajstić information content (AvgIpc) is 2.82. The van der Waals surface area contributed by atoms with E-state index in [1.807, 2.05) is 0 Å². The second kappa shape index (κ2) is 5.95. The second-order valence-corrected chi connectivity index (χ2v) is 5.31. The number of aliphatic hydroxyl groups excluding tert-OH is 1. The lowest BCUT2D eigenvalue weighted by Crippen LogP contribution is -2.26. The molecule has 124 valence electrons. The topological polar surface area (TPSA) is 66.3 Å². The number of benzene rings is 1. The molecule has 3 rings (SSSR count). The van der Waals surface area contributed by atoms with Crippen LogP contribution in [0.2, 0.25) is 0 Å². The van der Waals surface area contributed by atoms with Crippen LogP contribution < -0.4 is 0 Å². The fourth-order valence-electron chi connectivity index (χ4n) is 2.51. The normalized spacial score (nSPS) is 15.3. The van der Waals surface area contributed by atoms with Gasteiger partial charge in [-0.2, -0.15) is 13.2 Å². The molecule has 1 amide bonds. The number of hydrogen-bond acceptors (Lipinski definition) is 4. The maximum atomic E-state index is 12.8. The van der Waals surface area contributed by atoms with Gasteiger partial charge in [0, 0.05) is 24.5 Å². The largest absolute Gasteiger partial charge is 0.510 e. The number of hydrogen-bond donors (Lipinski definition) is 1. The van der Waals surface area contributed by atoms with Gasteiger partial charge in [-0.15, -0.1) is 0 Å². The summed E-state index contributed by atoms with van der Waals surface area (Å²) in [6.45, 7) is 0.0888.